The van der Waals surface area contributed by atoms with E-state index in [4.69, 9.17) is 34.8 Å². The monoisotopic (exact) mass is 585 g/mol. The third-order valence-electron chi connectivity index (χ3n) is 4.95. The number of allylic oxidation sites excluding steroid dienone is 1. The molecule has 0 aliphatic rings. The molecule has 0 fully saturated rings. The van der Waals surface area contributed by atoms with Gasteiger partial charge in [-0.2, -0.15) is 26.3 Å². The Labute approximate surface area is 220 Å². The lowest BCUT2D eigenvalue weighted by Crippen LogP contribution is -2.20. The number of benzene rings is 2. The second kappa shape index (κ2) is 11.2. The van der Waals surface area contributed by atoms with E-state index in [0.717, 1.165) is 18.2 Å². The van der Waals surface area contributed by atoms with Crippen molar-refractivity contribution in [3.63, 3.8) is 0 Å². The Balaban J connectivity index is 1.99. The number of carbonyl (C=O) groups excluding carboxylic acids is 1. The van der Waals surface area contributed by atoms with Crippen LogP contribution in [0.3, 0.4) is 0 Å². The Bertz CT molecular complexity index is 1310. The zero-order chi connectivity index (χ0) is 27.5. The van der Waals surface area contributed by atoms with Gasteiger partial charge in [0.05, 0.1) is 45.3 Å². The van der Waals surface area contributed by atoms with Crippen LogP contribution in [0.4, 0.5) is 36.4 Å². The number of halogens is 10. The van der Waals surface area contributed by atoms with Crippen LogP contribution in [-0.4, -0.2) is 28.5 Å². The summed E-state index contributed by atoms with van der Waals surface area (Å²) in [6.07, 6.45) is -6.32. The number of carbonyl (C=O) groups is 1. The summed E-state index contributed by atoms with van der Waals surface area (Å²) in [5, 5.41) is 1.67. The number of alkyl halides is 6. The Kier molecular flexibility index (Phi) is 8.71. The summed E-state index contributed by atoms with van der Waals surface area (Å²) < 4.78 is 97.3. The van der Waals surface area contributed by atoms with Crippen LogP contribution < -0.4 is 5.32 Å². The molecule has 1 heterocycles. The van der Waals surface area contributed by atoms with Crippen molar-refractivity contribution >= 4 is 52.1 Å². The molecule has 0 aliphatic carbocycles. The fourth-order valence-electron chi connectivity index (χ4n) is 3.22. The van der Waals surface area contributed by atoms with Crippen LogP contribution in [-0.2, 0) is 6.18 Å². The van der Waals surface area contributed by atoms with Crippen LogP contribution in [0.25, 0.3) is 5.83 Å². The Morgan fingerprint density at radius 1 is 0.973 bits per heavy atom. The van der Waals surface area contributed by atoms with Crippen molar-refractivity contribution in [1.82, 2.24) is 9.97 Å². The summed E-state index contributed by atoms with van der Waals surface area (Å²) in [6.45, 7) is -0.581. The summed E-state index contributed by atoms with van der Waals surface area (Å²) in [5.74, 6) is -5.24. The molecule has 3 rings (SSSR count). The summed E-state index contributed by atoms with van der Waals surface area (Å²) in [6, 6.07) is 3.38. The molecule has 196 valence electrons. The maximum absolute atomic E-state index is 14.9. The molecule has 37 heavy (non-hydrogen) atoms. The standard InChI is InChI=1S/C23H13Cl3F7N3O/c24-17-4-12(5-18(25)21(17)26)15(22(28,29)30)6-19(27)11-1-2-14(16(3-11)23(31,32)33)20(37)9-36-13-7-34-10-35-8-13/h1-8,10,15,36H,9H2/b19-6-. The zero-order valence-corrected chi connectivity index (χ0v) is 20.3. The van der Waals surface area contributed by atoms with E-state index >= 15 is 0 Å². The van der Waals surface area contributed by atoms with Crippen LogP contribution in [0.2, 0.25) is 15.1 Å². The van der Waals surface area contributed by atoms with Gasteiger partial charge in [0, 0.05) is 11.1 Å². The molecule has 0 spiro atoms. The van der Waals surface area contributed by atoms with E-state index in [1.54, 1.807) is 0 Å². The first-order valence-electron chi connectivity index (χ1n) is 10.0. The molecule has 0 amide bonds. The minimum Gasteiger partial charge on any atom is -0.375 e. The van der Waals surface area contributed by atoms with E-state index < -0.39 is 58.7 Å². The van der Waals surface area contributed by atoms with E-state index in [9.17, 15) is 35.5 Å². The second-order valence-electron chi connectivity index (χ2n) is 7.49. The first-order chi connectivity index (χ1) is 17.2. The van der Waals surface area contributed by atoms with Crippen LogP contribution >= 0.6 is 34.8 Å². The van der Waals surface area contributed by atoms with Gasteiger partial charge in [-0.05, 0) is 29.8 Å². The molecule has 3 aromatic rings. The molecular formula is C23H13Cl3F7N3O. The number of nitrogens with one attached hydrogen (secondary N) is 1. The van der Waals surface area contributed by atoms with Crippen molar-refractivity contribution in [3.8, 4) is 0 Å². The van der Waals surface area contributed by atoms with Gasteiger partial charge in [0.2, 0.25) is 0 Å². The first-order valence-corrected chi connectivity index (χ1v) is 11.1. The smallest absolute Gasteiger partial charge is 0.375 e. The number of rotatable bonds is 7. The van der Waals surface area contributed by atoms with Crippen molar-refractivity contribution < 1.29 is 35.5 Å². The Hall–Kier alpha value is -2.89. The molecule has 4 nitrogen and oxygen atoms in total. The number of hydrogen-bond acceptors (Lipinski definition) is 4. The van der Waals surface area contributed by atoms with Gasteiger partial charge in [0.1, 0.15) is 18.1 Å². The lowest BCUT2D eigenvalue weighted by molar-refractivity contribution is -0.140. The van der Waals surface area contributed by atoms with E-state index in [-0.39, 0.29) is 32.9 Å². The SMILES string of the molecule is O=C(CNc1cncnc1)c1ccc(/C(F)=C/C(c2cc(Cl)c(Cl)c(Cl)c2)C(F)(F)F)cc1C(F)(F)F. The molecule has 14 heteroatoms. The second-order valence-corrected chi connectivity index (χ2v) is 8.69. The molecule has 1 atom stereocenters. The molecule has 0 saturated carbocycles. The largest absolute Gasteiger partial charge is 0.417 e. The van der Waals surface area contributed by atoms with Gasteiger partial charge in [0.15, 0.2) is 5.78 Å². The van der Waals surface area contributed by atoms with Crippen molar-refractivity contribution in [2.24, 2.45) is 0 Å². The quantitative estimate of drug-likeness (QED) is 0.172. The van der Waals surface area contributed by atoms with Gasteiger partial charge in [-0.3, -0.25) is 4.79 Å². The average molecular weight is 587 g/mol. The normalized spacial score (nSPS) is 13.4. The highest BCUT2D eigenvalue weighted by molar-refractivity contribution is 6.48. The van der Waals surface area contributed by atoms with Crippen molar-refractivity contribution in [3.05, 3.63) is 92.5 Å². The lowest BCUT2D eigenvalue weighted by atomic mass is 9.95. The number of nitrogens with zero attached hydrogens (tertiary/aromatic N) is 2. The van der Waals surface area contributed by atoms with Gasteiger partial charge < -0.3 is 5.32 Å². The number of Topliss-reactive ketones (excluding diaryl/α,β-unsaturated/α-hetero) is 1. The van der Waals surface area contributed by atoms with Crippen LogP contribution in [0.1, 0.15) is 33.0 Å². The third-order valence-corrected chi connectivity index (χ3v) is 6.14. The van der Waals surface area contributed by atoms with Crippen LogP contribution in [0.15, 0.2) is 55.1 Å². The number of aromatic nitrogens is 2. The van der Waals surface area contributed by atoms with Crippen molar-refractivity contribution in [2.45, 2.75) is 18.3 Å². The van der Waals surface area contributed by atoms with Crippen molar-refractivity contribution in [2.75, 3.05) is 11.9 Å². The molecule has 0 radical (unpaired) electrons. The fourth-order valence-corrected chi connectivity index (χ4v) is 3.83. The van der Waals surface area contributed by atoms with E-state index in [1.165, 1.54) is 18.7 Å². The van der Waals surface area contributed by atoms with Crippen LogP contribution in [0, 0.1) is 0 Å². The first kappa shape index (κ1) is 28.7. The molecule has 2 aromatic carbocycles. The molecule has 0 bridgehead atoms. The van der Waals surface area contributed by atoms with Gasteiger partial charge in [0.25, 0.3) is 0 Å². The van der Waals surface area contributed by atoms with Crippen LogP contribution in [0.5, 0.6) is 0 Å². The van der Waals surface area contributed by atoms with Crippen molar-refractivity contribution in [1.29, 1.82) is 0 Å². The number of ketones is 1. The predicted octanol–water partition coefficient (Wildman–Crippen LogP) is 8.41. The summed E-state index contributed by atoms with van der Waals surface area (Å²) >= 11 is 17.3. The Morgan fingerprint density at radius 3 is 2.11 bits per heavy atom. The van der Waals surface area contributed by atoms with Gasteiger partial charge in [-0.15, -0.1) is 0 Å². The van der Waals surface area contributed by atoms with Gasteiger partial charge in [-0.25, -0.2) is 14.4 Å². The molecule has 1 unspecified atom stereocenters. The third kappa shape index (κ3) is 7.12. The summed E-state index contributed by atoms with van der Waals surface area (Å²) in [7, 11) is 0. The molecule has 0 aliphatic heterocycles. The minimum absolute atomic E-state index is 0.0871. The van der Waals surface area contributed by atoms with E-state index in [1.807, 2.05) is 0 Å². The number of anilines is 1. The lowest BCUT2D eigenvalue weighted by Gasteiger charge is -2.19. The molecule has 1 N–H and O–H groups in total. The minimum atomic E-state index is -5.11. The maximum atomic E-state index is 14.9. The highest BCUT2D eigenvalue weighted by Crippen LogP contribution is 2.42. The highest BCUT2D eigenvalue weighted by atomic mass is 35.5. The van der Waals surface area contributed by atoms with Gasteiger partial charge in [-0.1, -0.05) is 46.9 Å². The molecular weight excluding hydrogens is 574 g/mol. The average Bonchev–Trinajstić information content (AvgIpc) is 2.83. The zero-order valence-electron chi connectivity index (χ0n) is 18.1. The number of hydrogen-bond donors (Lipinski definition) is 1. The maximum Gasteiger partial charge on any atom is 0.417 e. The predicted molar refractivity (Wildman–Crippen MR) is 126 cm³/mol. The highest BCUT2D eigenvalue weighted by Gasteiger charge is 2.41. The topological polar surface area (TPSA) is 54.9 Å². The fraction of sp³-hybridized carbons (Fsp3) is 0.174. The molecule has 0 saturated heterocycles. The van der Waals surface area contributed by atoms with Gasteiger partial charge >= 0.3 is 12.4 Å². The summed E-state index contributed by atoms with van der Waals surface area (Å²) in [5.41, 5.74) is -3.48. The van der Waals surface area contributed by atoms with E-state index in [2.05, 4.69) is 15.3 Å². The Morgan fingerprint density at radius 2 is 1.57 bits per heavy atom. The summed E-state index contributed by atoms with van der Waals surface area (Å²) in [4.78, 5) is 19.8. The van der Waals surface area contributed by atoms with E-state index in [0.29, 0.717) is 6.07 Å². The molecule has 1 aromatic heterocycles.